The Hall–Kier alpha value is -2.78. The van der Waals surface area contributed by atoms with Gasteiger partial charge < -0.3 is 10.2 Å². The molecule has 1 aromatic carbocycles. The van der Waals surface area contributed by atoms with Crippen molar-refractivity contribution < 1.29 is 18.0 Å². The fourth-order valence-electron chi connectivity index (χ4n) is 4.05. The molecule has 2 saturated heterocycles. The predicted octanol–water partition coefficient (Wildman–Crippen LogP) is 2.36. The van der Waals surface area contributed by atoms with Crippen LogP contribution in [-0.2, 0) is 14.8 Å². The Labute approximate surface area is 182 Å². The van der Waals surface area contributed by atoms with E-state index in [1.165, 1.54) is 4.31 Å². The van der Waals surface area contributed by atoms with Gasteiger partial charge in [-0.15, -0.1) is 0 Å². The van der Waals surface area contributed by atoms with Gasteiger partial charge in [-0.2, -0.15) is 4.31 Å². The van der Waals surface area contributed by atoms with Gasteiger partial charge in [-0.3, -0.25) is 14.6 Å². The molecule has 0 saturated carbocycles. The van der Waals surface area contributed by atoms with Crippen molar-refractivity contribution in [2.24, 2.45) is 5.92 Å². The Morgan fingerprint density at radius 2 is 1.52 bits per heavy atom. The summed E-state index contributed by atoms with van der Waals surface area (Å²) in [7, 11) is -3.46. The number of carbonyl (C=O) groups is 2. The zero-order valence-corrected chi connectivity index (χ0v) is 18.1. The number of hydrogen-bond acceptors (Lipinski definition) is 5. The van der Waals surface area contributed by atoms with Gasteiger partial charge in [0.1, 0.15) is 0 Å². The lowest BCUT2D eigenvalue weighted by molar-refractivity contribution is -0.121. The lowest BCUT2D eigenvalue weighted by atomic mass is 9.95. The minimum atomic E-state index is -3.46. The maximum absolute atomic E-state index is 12.7. The summed E-state index contributed by atoms with van der Waals surface area (Å²) >= 11 is 0. The van der Waals surface area contributed by atoms with Gasteiger partial charge in [0.05, 0.1) is 4.90 Å². The van der Waals surface area contributed by atoms with E-state index in [0.29, 0.717) is 50.3 Å². The molecule has 8 nitrogen and oxygen atoms in total. The quantitative estimate of drug-likeness (QED) is 0.766. The van der Waals surface area contributed by atoms with Crippen LogP contribution in [0, 0.1) is 5.92 Å². The third-order valence-corrected chi connectivity index (χ3v) is 7.82. The maximum atomic E-state index is 12.7. The molecule has 0 bridgehead atoms. The highest BCUT2D eigenvalue weighted by Crippen LogP contribution is 2.24. The fraction of sp³-hybridized carbons (Fsp3) is 0.409. The Kier molecular flexibility index (Phi) is 6.33. The highest BCUT2D eigenvalue weighted by atomic mass is 32.2. The molecular formula is C22H26N4O4S. The van der Waals surface area contributed by atoms with E-state index in [4.69, 9.17) is 0 Å². The number of nitrogens with one attached hydrogen (secondary N) is 1. The lowest BCUT2D eigenvalue weighted by Gasteiger charge is -2.31. The van der Waals surface area contributed by atoms with Gasteiger partial charge in [0.15, 0.2) is 0 Å². The molecule has 31 heavy (non-hydrogen) atoms. The van der Waals surface area contributed by atoms with Crippen LogP contribution in [0.4, 0.5) is 5.69 Å². The molecule has 2 aliphatic heterocycles. The van der Waals surface area contributed by atoms with Gasteiger partial charge in [-0.1, -0.05) is 0 Å². The minimum absolute atomic E-state index is 0.0453. The molecule has 1 aromatic heterocycles. The van der Waals surface area contributed by atoms with Crippen LogP contribution in [0.2, 0.25) is 0 Å². The van der Waals surface area contributed by atoms with Crippen LogP contribution >= 0.6 is 0 Å². The minimum Gasteiger partial charge on any atom is -0.339 e. The number of aromatic nitrogens is 1. The van der Waals surface area contributed by atoms with E-state index in [-0.39, 0.29) is 22.6 Å². The molecule has 0 radical (unpaired) electrons. The molecule has 2 aromatic rings. The van der Waals surface area contributed by atoms with Crippen molar-refractivity contribution in [3.63, 3.8) is 0 Å². The van der Waals surface area contributed by atoms with Gasteiger partial charge in [-0.05, 0) is 62.1 Å². The fourth-order valence-corrected chi connectivity index (χ4v) is 5.57. The van der Waals surface area contributed by atoms with Gasteiger partial charge >= 0.3 is 0 Å². The van der Waals surface area contributed by atoms with Crippen molar-refractivity contribution in [3.05, 3.63) is 54.4 Å². The van der Waals surface area contributed by atoms with Crippen LogP contribution in [-0.4, -0.2) is 60.6 Å². The van der Waals surface area contributed by atoms with E-state index in [1.54, 1.807) is 53.7 Å². The summed E-state index contributed by atoms with van der Waals surface area (Å²) in [5.74, 6) is -0.336. The first-order valence-corrected chi connectivity index (χ1v) is 12.0. The van der Waals surface area contributed by atoms with Crippen LogP contribution in [0.1, 0.15) is 36.0 Å². The van der Waals surface area contributed by atoms with Gasteiger partial charge in [-0.25, -0.2) is 8.42 Å². The van der Waals surface area contributed by atoms with Gasteiger partial charge in [0.25, 0.3) is 5.91 Å². The summed E-state index contributed by atoms with van der Waals surface area (Å²) < 4.78 is 26.7. The highest BCUT2D eigenvalue weighted by molar-refractivity contribution is 7.89. The van der Waals surface area contributed by atoms with Crippen molar-refractivity contribution in [3.8, 4) is 0 Å². The Morgan fingerprint density at radius 3 is 2.13 bits per heavy atom. The van der Waals surface area contributed by atoms with Crippen LogP contribution in [0.5, 0.6) is 0 Å². The summed E-state index contributed by atoms with van der Waals surface area (Å²) in [5, 5.41) is 2.88. The van der Waals surface area contributed by atoms with Crippen molar-refractivity contribution in [2.45, 2.75) is 30.6 Å². The topological polar surface area (TPSA) is 99.7 Å². The number of likely N-dealkylation sites (tertiary alicyclic amines) is 1. The smallest absolute Gasteiger partial charge is 0.253 e. The molecule has 0 atom stereocenters. The average Bonchev–Trinajstić information content (AvgIpc) is 3.36. The number of benzene rings is 1. The van der Waals surface area contributed by atoms with E-state index in [9.17, 15) is 18.0 Å². The standard InChI is InChI=1S/C22H26N4O4S/c27-21(17-9-15-25(16-10-17)22(28)18-7-11-23-12-8-18)24-19-3-5-20(6-4-19)31(29,30)26-13-1-2-14-26/h3-8,11-12,17H,1-2,9-10,13-16H2,(H,24,27). The molecular weight excluding hydrogens is 416 g/mol. The summed E-state index contributed by atoms with van der Waals surface area (Å²) in [5.41, 5.74) is 1.17. The van der Waals surface area contributed by atoms with E-state index in [0.717, 1.165) is 12.8 Å². The zero-order chi connectivity index (χ0) is 21.8. The Balaban J connectivity index is 1.31. The molecule has 4 rings (SSSR count). The molecule has 0 aliphatic carbocycles. The van der Waals surface area contributed by atoms with E-state index < -0.39 is 10.0 Å². The second kappa shape index (κ2) is 9.15. The van der Waals surface area contributed by atoms with Gasteiger partial charge in [0, 0.05) is 55.7 Å². The number of rotatable bonds is 5. The van der Waals surface area contributed by atoms with Crippen molar-refractivity contribution >= 4 is 27.5 Å². The Morgan fingerprint density at radius 1 is 0.903 bits per heavy atom. The average molecular weight is 443 g/mol. The molecule has 0 spiro atoms. The lowest BCUT2D eigenvalue weighted by Crippen LogP contribution is -2.41. The largest absolute Gasteiger partial charge is 0.339 e. The Bertz CT molecular complexity index is 1030. The van der Waals surface area contributed by atoms with Crippen LogP contribution in [0.25, 0.3) is 0 Å². The number of amides is 2. The number of piperidine rings is 1. The van der Waals surface area contributed by atoms with Gasteiger partial charge in [0.2, 0.25) is 15.9 Å². The summed E-state index contributed by atoms with van der Waals surface area (Å²) in [6, 6.07) is 9.72. The molecule has 9 heteroatoms. The molecule has 3 heterocycles. The van der Waals surface area contributed by atoms with Crippen molar-refractivity contribution in [1.29, 1.82) is 0 Å². The monoisotopic (exact) mass is 442 g/mol. The van der Waals surface area contributed by atoms with E-state index in [1.807, 2.05) is 0 Å². The normalized spacial score (nSPS) is 18.1. The van der Waals surface area contributed by atoms with Crippen LogP contribution in [0.3, 0.4) is 0 Å². The first-order chi connectivity index (χ1) is 14.9. The third-order valence-electron chi connectivity index (χ3n) is 5.90. The SMILES string of the molecule is O=C(Nc1ccc(S(=O)(=O)N2CCCC2)cc1)C1CCN(C(=O)c2ccncc2)CC1. The summed E-state index contributed by atoms with van der Waals surface area (Å²) in [6.45, 7) is 2.16. The summed E-state index contributed by atoms with van der Waals surface area (Å²) in [6.07, 6.45) is 6.14. The molecule has 164 valence electrons. The van der Waals surface area contributed by atoms with Crippen molar-refractivity contribution in [2.75, 3.05) is 31.5 Å². The van der Waals surface area contributed by atoms with E-state index >= 15 is 0 Å². The van der Waals surface area contributed by atoms with Crippen LogP contribution in [0.15, 0.2) is 53.7 Å². The number of anilines is 1. The zero-order valence-electron chi connectivity index (χ0n) is 17.2. The number of nitrogens with zero attached hydrogens (tertiary/aromatic N) is 3. The first kappa shape index (κ1) is 21.5. The number of sulfonamides is 1. The van der Waals surface area contributed by atoms with E-state index in [2.05, 4.69) is 10.3 Å². The third kappa shape index (κ3) is 4.77. The highest BCUT2D eigenvalue weighted by Gasteiger charge is 2.29. The number of carbonyl (C=O) groups excluding carboxylic acids is 2. The molecule has 1 N–H and O–H groups in total. The molecule has 0 unspecified atom stereocenters. The number of pyridine rings is 1. The maximum Gasteiger partial charge on any atom is 0.253 e. The second-order valence-corrected chi connectivity index (χ2v) is 9.87. The van der Waals surface area contributed by atoms with Crippen LogP contribution < -0.4 is 5.32 Å². The molecule has 2 fully saturated rings. The van der Waals surface area contributed by atoms with Crippen molar-refractivity contribution in [1.82, 2.24) is 14.2 Å². The first-order valence-electron chi connectivity index (χ1n) is 10.6. The second-order valence-electron chi connectivity index (χ2n) is 7.93. The summed E-state index contributed by atoms with van der Waals surface area (Å²) in [4.78, 5) is 31.1. The molecule has 2 amide bonds. The predicted molar refractivity (Wildman–Crippen MR) is 116 cm³/mol. The molecule has 2 aliphatic rings. The number of hydrogen-bond donors (Lipinski definition) is 1.